The topological polar surface area (TPSA) is 84.7 Å². The molecule has 0 bridgehead atoms. The molecule has 0 amide bonds. The van der Waals surface area contributed by atoms with E-state index in [0.717, 1.165) is 11.8 Å². The molecule has 0 atom stereocenters. The summed E-state index contributed by atoms with van der Waals surface area (Å²) in [7, 11) is 0. The summed E-state index contributed by atoms with van der Waals surface area (Å²) in [5.41, 5.74) is -0.0473. The Balaban J connectivity index is 2.42. The van der Waals surface area contributed by atoms with E-state index in [-0.39, 0.29) is 5.69 Å². The predicted octanol–water partition coefficient (Wildman–Crippen LogP) is 2.52. The molecule has 1 aromatic carbocycles. The standard InChI is InChI=1S/C8H5ClN4O2S/c9-5-2-1-3-6(13(14)15)7(5)16-8-10-4-11-12-8/h1-4H,(H,10,11,12). The zero-order valence-electron chi connectivity index (χ0n) is 7.75. The van der Waals surface area contributed by atoms with E-state index in [4.69, 9.17) is 11.6 Å². The number of nitrogens with one attached hydrogen (secondary N) is 1. The first kappa shape index (κ1) is 10.9. The van der Waals surface area contributed by atoms with Crippen LogP contribution in [0.3, 0.4) is 0 Å². The highest BCUT2D eigenvalue weighted by Crippen LogP contribution is 2.38. The second-order valence-corrected chi connectivity index (χ2v) is 4.14. The van der Waals surface area contributed by atoms with Gasteiger partial charge >= 0.3 is 0 Å². The lowest BCUT2D eigenvalue weighted by atomic mass is 10.3. The first-order valence-corrected chi connectivity index (χ1v) is 5.34. The molecule has 2 rings (SSSR count). The fourth-order valence-electron chi connectivity index (χ4n) is 1.08. The quantitative estimate of drug-likeness (QED) is 0.674. The van der Waals surface area contributed by atoms with Gasteiger partial charge in [-0.1, -0.05) is 17.7 Å². The Labute approximate surface area is 99.2 Å². The molecule has 16 heavy (non-hydrogen) atoms. The average molecular weight is 257 g/mol. The Bertz CT molecular complexity index is 517. The Morgan fingerprint density at radius 1 is 1.50 bits per heavy atom. The fraction of sp³-hybridized carbons (Fsp3) is 0. The van der Waals surface area contributed by atoms with Crippen LogP contribution in [0.2, 0.25) is 5.02 Å². The Morgan fingerprint density at radius 2 is 2.31 bits per heavy atom. The number of nitro benzene ring substituents is 1. The minimum Gasteiger partial charge on any atom is -0.258 e. The van der Waals surface area contributed by atoms with E-state index in [1.807, 2.05) is 0 Å². The summed E-state index contributed by atoms with van der Waals surface area (Å²) in [5, 5.41) is 17.8. The van der Waals surface area contributed by atoms with Crippen LogP contribution in [0.15, 0.2) is 34.6 Å². The highest BCUT2D eigenvalue weighted by molar-refractivity contribution is 7.99. The van der Waals surface area contributed by atoms with Crippen LogP contribution < -0.4 is 0 Å². The number of hydrogen-bond donors (Lipinski definition) is 1. The minimum absolute atomic E-state index is 0.0473. The summed E-state index contributed by atoms with van der Waals surface area (Å²) in [6.45, 7) is 0. The van der Waals surface area contributed by atoms with Gasteiger partial charge in [0.15, 0.2) is 5.16 Å². The van der Waals surface area contributed by atoms with Crippen molar-refractivity contribution in [2.24, 2.45) is 0 Å². The van der Waals surface area contributed by atoms with Crippen LogP contribution in [0, 0.1) is 10.1 Å². The molecule has 0 saturated carbocycles. The monoisotopic (exact) mass is 256 g/mol. The second kappa shape index (κ2) is 4.50. The summed E-state index contributed by atoms with van der Waals surface area (Å²) in [5.74, 6) is 0. The van der Waals surface area contributed by atoms with Crippen LogP contribution in [0.5, 0.6) is 0 Å². The molecule has 0 saturated heterocycles. The molecule has 0 unspecified atom stereocenters. The van der Waals surface area contributed by atoms with E-state index in [1.54, 1.807) is 6.07 Å². The summed E-state index contributed by atoms with van der Waals surface area (Å²) in [6, 6.07) is 4.52. The summed E-state index contributed by atoms with van der Waals surface area (Å²) in [6.07, 6.45) is 1.32. The molecule has 0 aliphatic heterocycles. The number of rotatable bonds is 3. The number of aromatic nitrogens is 3. The molecule has 6 nitrogen and oxygen atoms in total. The second-order valence-electron chi connectivity index (χ2n) is 2.74. The van der Waals surface area contributed by atoms with Gasteiger partial charge in [0.2, 0.25) is 0 Å². The summed E-state index contributed by atoms with van der Waals surface area (Å²) in [4.78, 5) is 14.5. The maximum Gasteiger partial charge on any atom is 0.284 e. The van der Waals surface area contributed by atoms with E-state index in [9.17, 15) is 10.1 Å². The van der Waals surface area contributed by atoms with Gasteiger partial charge < -0.3 is 0 Å². The fourth-order valence-corrected chi connectivity index (χ4v) is 2.17. The Morgan fingerprint density at radius 3 is 2.94 bits per heavy atom. The number of H-pyrrole nitrogens is 1. The van der Waals surface area contributed by atoms with Crippen molar-refractivity contribution in [3.8, 4) is 0 Å². The average Bonchev–Trinajstić information content (AvgIpc) is 2.73. The molecule has 82 valence electrons. The van der Waals surface area contributed by atoms with Gasteiger partial charge in [-0.15, -0.1) is 0 Å². The number of hydrogen-bond acceptors (Lipinski definition) is 5. The Hall–Kier alpha value is -1.60. The molecule has 2 aromatic rings. The Kier molecular flexibility index (Phi) is 3.07. The van der Waals surface area contributed by atoms with Crippen LogP contribution in [0.4, 0.5) is 5.69 Å². The van der Waals surface area contributed by atoms with Crippen LogP contribution in [-0.4, -0.2) is 20.1 Å². The first-order valence-electron chi connectivity index (χ1n) is 4.14. The molecule has 1 N–H and O–H groups in total. The zero-order chi connectivity index (χ0) is 11.5. The maximum atomic E-state index is 10.8. The number of halogens is 1. The van der Waals surface area contributed by atoms with Gasteiger partial charge in [0.25, 0.3) is 5.69 Å². The molecule has 1 aromatic heterocycles. The van der Waals surface area contributed by atoms with Crippen molar-refractivity contribution in [1.29, 1.82) is 0 Å². The molecule has 0 aliphatic rings. The van der Waals surface area contributed by atoms with Crippen molar-refractivity contribution in [2.45, 2.75) is 10.1 Å². The summed E-state index contributed by atoms with van der Waals surface area (Å²) < 4.78 is 0. The largest absolute Gasteiger partial charge is 0.284 e. The number of benzene rings is 1. The van der Waals surface area contributed by atoms with Crippen molar-refractivity contribution in [1.82, 2.24) is 15.2 Å². The van der Waals surface area contributed by atoms with Crippen LogP contribution in [0.25, 0.3) is 0 Å². The number of nitro groups is 1. The molecule has 0 fully saturated rings. The molecular formula is C8H5ClN4O2S. The van der Waals surface area contributed by atoms with E-state index in [1.165, 1.54) is 18.5 Å². The van der Waals surface area contributed by atoms with Gasteiger partial charge in [0.1, 0.15) is 11.2 Å². The third kappa shape index (κ3) is 2.15. The summed E-state index contributed by atoms with van der Waals surface area (Å²) >= 11 is 6.98. The van der Waals surface area contributed by atoms with E-state index in [2.05, 4.69) is 15.2 Å². The van der Waals surface area contributed by atoms with Crippen LogP contribution in [0.1, 0.15) is 0 Å². The van der Waals surface area contributed by atoms with Gasteiger partial charge in [-0.05, 0) is 17.8 Å². The van der Waals surface area contributed by atoms with Crippen molar-refractivity contribution in [3.63, 3.8) is 0 Å². The van der Waals surface area contributed by atoms with E-state index < -0.39 is 4.92 Å². The van der Waals surface area contributed by atoms with Gasteiger partial charge in [-0.2, -0.15) is 5.10 Å². The molecule has 0 aliphatic carbocycles. The SMILES string of the molecule is O=[N+]([O-])c1cccc(Cl)c1Sc1ncn[nH]1. The van der Waals surface area contributed by atoms with Crippen LogP contribution >= 0.6 is 23.4 Å². The third-order valence-corrected chi connectivity index (χ3v) is 3.18. The minimum atomic E-state index is -0.482. The zero-order valence-corrected chi connectivity index (χ0v) is 9.33. The molecule has 8 heteroatoms. The van der Waals surface area contributed by atoms with Crippen molar-refractivity contribution in [3.05, 3.63) is 39.7 Å². The van der Waals surface area contributed by atoms with Crippen molar-refractivity contribution < 1.29 is 4.92 Å². The van der Waals surface area contributed by atoms with Gasteiger partial charge in [0.05, 0.1) is 9.95 Å². The van der Waals surface area contributed by atoms with Crippen molar-refractivity contribution in [2.75, 3.05) is 0 Å². The lowest BCUT2D eigenvalue weighted by molar-refractivity contribution is -0.387. The molecular weight excluding hydrogens is 252 g/mol. The molecule has 1 heterocycles. The molecule has 0 radical (unpaired) electrons. The van der Waals surface area contributed by atoms with E-state index >= 15 is 0 Å². The highest BCUT2D eigenvalue weighted by atomic mass is 35.5. The highest BCUT2D eigenvalue weighted by Gasteiger charge is 2.18. The lowest BCUT2D eigenvalue weighted by Crippen LogP contribution is -1.91. The predicted molar refractivity (Wildman–Crippen MR) is 58.6 cm³/mol. The smallest absolute Gasteiger partial charge is 0.258 e. The van der Waals surface area contributed by atoms with Gasteiger partial charge in [-0.3, -0.25) is 15.2 Å². The van der Waals surface area contributed by atoms with Gasteiger partial charge in [0, 0.05) is 6.07 Å². The normalized spacial score (nSPS) is 10.3. The van der Waals surface area contributed by atoms with Crippen LogP contribution in [-0.2, 0) is 0 Å². The molecule has 0 spiro atoms. The number of aromatic amines is 1. The number of nitrogens with zero attached hydrogens (tertiary/aromatic N) is 3. The van der Waals surface area contributed by atoms with Crippen molar-refractivity contribution >= 4 is 29.1 Å². The van der Waals surface area contributed by atoms with Gasteiger partial charge in [-0.25, -0.2) is 4.98 Å². The first-order chi connectivity index (χ1) is 7.68. The van der Waals surface area contributed by atoms with E-state index in [0.29, 0.717) is 15.1 Å². The lowest BCUT2D eigenvalue weighted by Gasteiger charge is -2.01. The maximum absolute atomic E-state index is 10.8. The third-order valence-electron chi connectivity index (χ3n) is 1.73.